The molecule has 0 atom stereocenters. The molecule has 0 spiro atoms. The fraction of sp³-hybridized carbons (Fsp3) is 0.250. The molecule has 80 valence electrons. The fourth-order valence-corrected chi connectivity index (χ4v) is 2.15. The maximum Gasteiger partial charge on any atom is 0.307 e. The molecule has 0 radical (unpaired) electrons. The lowest BCUT2D eigenvalue weighted by molar-refractivity contribution is -0.135. The molecular weight excluding hydrogens is 256 g/mol. The van der Waals surface area contributed by atoms with Gasteiger partial charge >= 0.3 is 5.97 Å². The zero-order valence-corrected chi connectivity index (χ0v) is 10.3. The lowest BCUT2D eigenvalue weighted by atomic mass is 10.0. The minimum atomic E-state index is -0.807. The van der Waals surface area contributed by atoms with Crippen LogP contribution in [0.4, 0.5) is 0 Å². The summed E-state index contributed by atoms with van der Waals surface area (Å²) in [6.45, 7) is 4.02. The summed E-state index contributed by atoms with van der Waals surface area (Å²) in [5.41, 5.74) is 3.38. The molecule has 0 fully saturated rings. The van der Waals surface area contributed by atoms with E-state index in [1.165, 1.54) is 0 Å². The lowest BCUT2D eigenvalue weighted by Crippen LogP contribution is -1.91. The number of halogens is 1. The largest absolute Gasteiger partial charge is 0.481 e. The van der Waals surface area contributed by atoms with E-state index in [0.29, 0.717) is 0 Å². The van der Waals surface area contributed by atoms with E-state index in [4.69, 9.17) is 5.11 Å². The zero-order chi connectivity index (χ0) is 11.4. The second kappa shape index (κ2) is 5.12. The molecule has 0 aliphatic heterocycles. The molecule has 0 saturated heterocycles. The number of benzene rings is 1. The average molecular weight is 269 g/mol. The number of hydrogen-bond acceptors (Lipinski definition) is 1. The predicted molar refractivity (Wildman–Crippen MR) is 64.9 cm³/mol. The molecule has 1 N–H and O–H groups in total. The third kappa shape index (κ3) is 3.51. The topological polar surface area (TPSA) is 37.3 Å². The maximum absolute atomic E-state index is 10.4. The van der Waals surface area contributed by atoms with Crippen molar-refractivity contribution >= 4 is 28.0 Å². The molecular formula is C12H13BrO2. The van der Waals surface area contributed by atoms with Crippen LogP contribution in [0.2, 0.25) is 0 Å². The Bertz CT molecular complexity index is 385. The molecule has 0 bridgehead atoms. The van der Waals surface area contributed by atoms with E-state index in [1.807, 2.05) is 32.1 Å². The van der Waals surface area contributed by atoms with Crippen LogP contribution < -0.4 is 0 Å². The molecule has 3 heteroatoms. The van der Waals surface area contributed by atoms with Gasteiger partial charge in [0.1, 0.15) is 0 Å². The Morgan fingerprint density at radius 3 is 2.40 bits per heavy atom. The Balaban J connectivity index is 2.94. The quantitative estimate of drug-likeness (QED) is 0.911. The highest BCUT2D eigenvalue weighted by atomic mass is 79.9. The molecule has 0 aromatic heterocycles. The first-order valence-corrected chi connectivity index (χ1v) is 5.45. The third-order valence-electron chi connectivity index (χ3n) is 2.14. The number of aryl methyl sites for hydroxylation is 2. The first-order chi connectivity index (χ1) is 7.00. The summed E-state index contributed by atoms with van der Waals surface area (Å²) in [4.78, 5) is 10.4. The Kier molecular flexibility index (Phi) is 4.09. The van der Waals surface area contributed by atoms with E-state index in [2.05, 4.69) is 15.9 Å². The van der Waals surface area contributed by atoms with Crippen LogP contribution in [0.25, 0.3) is 6.08 Å². The Morgan fingerprint density at radius 2 is 1.93 bits per heavy atom. The minimum Gasteiger partial charge on any atom is -0.481 e. The van der Waals surface area contributed by atoms with Gasteiger partial charge in [0.2, 0.25) is 0 Å². The first kappa shape index (κ1) is 12.0. The third-order valence-corrected chi connectivity index (χ3v) is 2.59. The predicted octanol–water partition coefficient (Wildman–Crippen LogP) is 3.55. The van der Waals surface area contributed by atoms with Crippen LogP contribution in [0.5, 0.6) is 0 Å². The minimum absolute atomic E-state index is 0.0644. The van der Waals surface area contributed by atoms with E-state index < -0.39 is 5.97 Å². The highest BCUT2D eigenvalue weighted by Crippen LogP contribution is 2.21. The second-order valence-electron chi connectivity index (χ2n) is 3.45. The Morgan fingerprint density at radius 1 is 1.40 bits per heavy atom. The normalized spacial score (nSPS) is 10.9. The van der Waals surface area contributed by atoms with Crippen LogP contribution in [0.1, 0.15) is 23.1 Å². The molecule has 0 heterocycles. The number of hydrogen-bond donors (Lipinski definition) is 1. The lowest BCUT2D eigenvalue weighted by Gasteiger charge is -2.05. The SMILES string of the molecule is Cc1cc(Br)cc(C)c1C=CCC(=O)O. The van der Waals surface area contributed by atoms with Crippen molar-refractivity contribution in [2.45, 2.75) is 20.3 Å². The van der Waals surface area contributed by atoms with Gasteiger partial charge in [-0.15, -0.1) is 0 Å². The van der Waals surface area contributed by atoms with Crippen LogP contribution in [0.3, 0.4) is 0 Å². The van der Waals surface area contributed by atoms with Crippen molar-refractivity contribution in [2.75, 3.05) is 0 Å². The van der Waals surface area contributed by atoms with Crippen molar-refractivity contribution in [1.29, 1.82) is 0 Å². The summed E-state index contributed by atoms with van der Waals surface area (Å²) in [7, 11) is 0. The number of carboxylic acid groups (broad SMARTS) is 1. The van der Waals surface area contributed by atoms with Crippen molar-refractivity contribution in [3.8, 4) is 0 Å². The smallest absolute Gasteiger partial charge is 0.307 e. The van der Waals surface area contributed by atoms with Crippen molar-refractivity contribution in [3.63, 3.8) is 0 Å². The first-order valence-electron chi connectivity index (χ1n) is 4.66. The van der Waals surface area contributed by atoms with Gasteiger partial charge in [-0.05, 0) is 42.7 Å². The van der Waals surface area contributed by atoms with Crippen LogP contribution in [-0.4, -0.2) is 11.1 Å². The van der Waals surface area contributed by atoms with Gasteiger partial charge in [-0.2, -0.15) is 0 Å². The summed E-state index contributed by atoms with van der Waals surface area (Å²) >= 11 is 3.42. The summed E-state index contributed by atoms with van der Waals surface area (Å²) in [6.07, 6.45) is 3.60. The van der Waals surface area contributed by atoms with E-state index in [-0.39, 0.29) is 6.42 Å². The van der Waals surface area contributed by atoms with Crippen molar-refractivity contribution < 1.29 is 9.90 Å². The van der Waals surface area contributed by atoms with Gasteiger partial charge in [0.25, 0.3) is 0 Å². The Hall–Kier alpha value is -1.09. The molecule has 0 unspecified atom stereocenters. The molecule has 15 heavy (non-hydrogen) atoms. The van der Waals surface area contributed by atoms with Crippen LogP contribution in [0, 0.1) is 13.8 Å². The molecule has 2 nitrogen and oxygen atoms in total. The second-order valence-corrected chi connectivity index (χ2v) is 4.37. The average Bonchev–Trinajstić information content (AvgIpc) is 2.08. The van der Waals surface area contributed by atoms with Crippen LogP contribution in [-0.2, 0) is 4.79 Å². The zero-order valence-electron chi connectivity index (χ0n) is 8.75. The van der Waals surface area contributed by atoms with Crippen molar-refractivity contribution in [3.05, 3.63) is 39.4 Å². The van der Waals surface area contributed by atoms with Crippen LogP contribution in [0.15, 0.2) is 22.7 Å². The highest BCUT2D eigenvalue weighted by molar-refractivity contribution is 9.10. The van der Waals surface area contributed by atoms with Gasteiger partial charge < -0.3 is 5.11 Å². The molecule has 1 aromatic carbocycles. The monoisotopic (exact) mass is 268 g/mol. The standard InChI is InChI=1S/C12H13BrO2/c1-8-6-10(13)7-9(2)11(8)4-3-5-12(14)15/h3-4,6-7H,5H2,1-2H3,(H,14,15). The van der Waals surface area contributed by atoms with Crippen molar-refractivity contribution in [1.82, 2.24) is 0 Å². The van der Waals surface area contributed by atoms with Gasteiger partial charge in [0, 0.05) is 4.47 Å². The van der Waals surface area contributed by atoms with Gasteiger partial charge in [0.15, 0.2) is 0 Å². The number of carboxylic acids is 1. The van der Waals surface area contributed by atoms with Gasteiger partial charge in [0.05, 0.1) is 6.42 Å². The van der Waals surface area contributed by atoms with Gasteiger partial charge in [-0.3, -0.25) is 4.79 Å². The van der Waals surface area contributed by atoms with Crippen LogP contribution >= 0.6 is 15.9 Å². The highest BCUT2D eigenvalue weighted by Gasteiger charge is 2.00. The maximum atomic E-state index is 10.4. The summed E-state index contributed by atoms with van der Waals surface area (Å²) in [6, 6.07) is 4.04. The molecule has 1 rings (SSSR count). The van der Waals surface area contributed by atoms with Crippen molar-refractivity contribution in [2.24, 2.45) is 0 Å². The van der Waals surface area contributed by atoms with E-state index >= 15 is 0 Å². The summed E-state index contributed by atoms with van der Waals surface area (Å²) < 4.78 is 1.05. The number of aliphatic carboxylic acids is 1. The summed E-state index contributed by atoms with van der Waals surface area (Å²) in [5.74, 6) is -0.807. The van der Waals surface area contributed by atoms with Gasteiger partial charge in [-0.25, -0.2) is 0 Å². The van der Waals surface area contributed by atoms with Gasteiger partial charge in [-0.1, -0.05) is 28.1 Å². The van der Waals surface area contributed by atoms with E-state index in [9.17, 15) is 4.79 Å². The molecule has 0 aliphatic rings. The molecule has 0 amide bonds. The molecule has 0 aliphatic carbocycles. The number of carbonyl (C=O) groups is 1. The summed E-state index contributed by atoms with van der Waals surface area (Å²) in [5, 5.41) is 8.52. The van der Waals surface area contributed by atoms with E-state index in [1.54, 1.807) is 6.08 Å². The molecule has 0 saturated carbocycles. The number of rotatable bonds is 3. The fourth-order valence-electron chi connectivity index (χ4n) is 1.46. The molecule has 1 aromatic rings. The van der Waals surface area contributed by atoms with E-state index in [0.717, 1.165) is 21.2 Å². The Labute approximate surface area is 97.8 Å².